The van der Waals surface area contributed by atoms with Gasteiger partial charge in [0.1, 0.15) is 31.7 Å². The van der Waals surface area contributed by atoms with Crippen molar-refractivity contribution in [3.63, 3.8) is 0 Å². The molecule has 6 aromatic rings. The standard InChI is InChI=1S/C46H43O5.Y/c1-32-33(2)45(39-24-25-40(47-28-35-16-8-4-9-17-35)42(26-39)49-30-37-20-12-6-13-21-37)51-46-34(3)41(48-29-36-18-10-5-11-19-36)27-43(44(32)46)50-31-38-22-14-7-15-23-38;/h4-27,33,45H,28-31H2,1-3H3;/q-1;/t33-,45+;/m1./s1. The number of benzene rings is 6. The molecule has 1 aliphatic heterocycles. The van der Waals surface area contributed by atoms with Crippen molar-refractivity contribution in [2.75, 3.05) is 0 Å². The maximum Gasteiger partial charge on any atom is 0.162 e. The summed E-state index contributed by atoms with van der Waals surface area (Å²) in [5.41, 5.74) is 7.29. The third-order valence-corrected chi connectivity index (χ3v) is 9.47. The molecule has 0 bridgehead atoms. The van der Waals surface area contributed by atoms with Crippen LogP contribution >= 0.6 is 0 Å². The second-order valence-electron chi connectivity index (χ2n) is 13.0. The molecule has 52 heavy (non-hydrogen) atoms. The molecular weight excluding hydrogens is 721 g/mol. The fraction of sp³-hybridized carbons (Fsp3) is 0.196. The van der Waals surface area contributed by atoms with Crippen molar-refractivity contribution in [3.05, 3.63) is 190 Å². The van der Waals surface area contributed by atoms with E-state index in [-0.39, 0.29) is 44.7 Å². The molecule has 0 saturated carbocycles. The maximum absolute atomic E-state index is 7.03. The van der Waals surface area contributed by atoms with Crippen LogP contribution in [0.25, 0.3) is 0 Å². The first-order chi connectivity index (χ1) is 25.0. The molecular formula is C46H43O5Y-. The Morgan fingerprint density at radius 3 is 1.42 bits per heavy atom. The first-order valence-electron chi connectivity index (χ1n) is 17.5. The molecule has 7 rings (SSSR count). The first-order valence-corrected chi connectivity index (χ1v) is 17.5. The van der Waals surface area contributed by atoms with Crippen molar-refractivity contribution >= 4 is 0 Å². The van der Waals surface area contributed by atoms with E-state index in [0.717, 1.165) is 56.2 Å². The van der Waals surface area contributed by atoms with E-state index in [1.54, 1.807) is 0 Å². The molecule has 5 nitrogen and oxygen atoms in total. The van der Waals surface area contributed by atoms with Crippen LogP contribution in [-0.2, 0) is 59.1 Å². The quantitative estimate of drug-likeness (QED) is 0.110. The second-order valence-corrected chi connectivity index (χ2v) is 13.0. The molecule has 1 radical (unpaired) electrons. The summed E-state index contributed by atoms with van der Waals surface area (Å²) in [6.07, 6.45) is -0.273. The summed E-state index contributed by atoms with van der Waals surface area (Å²) in [7, 11) is 0. The van der Waals surface area contributed by atoms with Gasteiger partial charge in [0.05, 0.1) is 6.61 Å². The van der Waals surface area contributed by atoms with E-state index >= 15 is 0 Å². The van der Waals surface area contributed by atoms with Crippen molar-refractivity contribution in [3.8, 4) is 28.7 Å². The smallest absolute Gasteiger partial charge is 0.162 e. The summed E-state index contributed by atoms with van der Waals surface area (Å²) >= 11 is 0. The van der Waals surface area contributed by atoms with Gasteiger partial charge in [-0.05, 0) is 64.4 Å². The molecule has 1 aliphatic rings. The van der Waals surface area contributed by atoms with Crippen molar-refractivity contribution in [1.82, 2.24) is 0 Å². The van der Waals surface area contributed by atoms with Gasteiger partial charge in [0, 0.05) is 44.2 Å². The van der Waals surface area contributed by atoms with Gasteiger partial charge in [-0.25, -0.2) is 0 Å². The van der Waals surface area contributed by atoms with Crippen LogP contribution in [0, 0.1) is 18.8 Å². The zero-order valence-corrected chi connectivity index (χ0v) is 32.8. The fourth-order valence-electron chi connectivity index (χ4n) is 6.41. The van der Waals surface area contributed by atoms with Gasteiger partial charge >= 0.3 is 0 Å². The van der Waals surface area contributed by atoms with Gasteiger partial charge in [0.25, 0.3) is 0 Å². The third kappa shape index (κ3) is 8.83. The molecule has 0 aliphatic carbocycles. The predicted octanol–water partition coefficient (Wildman–Crippen LogP) is 11.0. The SMILES string of the molecule is Cc1c(OCc2ccccc2)cc(OCc2ccccc2)c2c1O[C@H](c1ccc(OCc3ccccc3)c(OCc3ccccc3)c1)[C@H](C)[C-]2C.[Y]. The summed E-state index contributed by atoms with van der Waals surface area (Å²) in [5, 5.41) is 0. The molecule has 6 aromatic carbocycles. The van der Waals surface area contributed by atoms with E-state index in [9.17, 15) is 0 Å². The van der Waals surface area contributed by atoms with E-state index < -0.39 is 0 Å². The fourth-order valence-corrected chi connectivity index (χ4v) is 6.41. The van der Waals surface area contributed by atoms with Gasteiger partial charge in [0.2, 0.25) is 0 Å². The summed E-state index contributed by atoms with van der Waals surface area (Å²) in [6.45, 7) is 8.20. The largest absolute Gasteiger partial charge is 0.546 e. The summed E-state index contributed by atoms with van der Waals surface area (Å²) in [4.78, 5) is 0. The minimum absolute atomic E-state index is 0. The Morgan fingerprint density at radius 2 is 0.942 bits per heavy atom. The molecule has 6 heteroatoms. The van der Waals surface area contributed by atoms with Crippen LogP contribution in [0.5, 0.6) is 28.7 Å². The Bertz CT molecular complexity index is 2020. The second kappa shape index (κ2) is 17.7. The van der Waals surface area contributed by atoms with E-state index in [1.165, 1.54) is 5.92 Å². The van der Waals surface area contributed by atoms with Gasteiger partial charge in [-0.1, -0.05) is 141 Å². The Morgan fingerprint density at radius 1 is 0.519 bits per heavy atom. The third-order valence-electron chi connectivity index (χ3n) is 9.47. The minimum atomic E-state index is -0.273. The van der Waals surface area contributed by atoms with E-state index in [4.69, 9.17) is 23.7 Å². The van der Waals surface area contributed by atoms with E-state index in [2.05, 4.69) is 81.4 Å². The van der Waals surface area contributed by atoms with Gasteiger partial charge in [-0.2, -0.15) is 5.92 Å². The average Bonchev–Trinajstić information content (AvgIpc) is 3.18. The topological polar surface area (TPSA) is 46.2 Å². The van der Waals surface area contributed by atoms with Gasteiger partial charge in [0.15, 0.2) is 11.5 Å². The molecule has 0 unspecified atom stereocenters. The van der Waals surface area contributed by atoms with Gasteiger partial charge in [-0.15, -0.1) is 5.56 Å². The normalized spacial score (nSPS) is 14.7. The maximum atomic E-state index is 7.03. The zero-order chi connectivity index (χ0) is 35.0. The molecule has 0 N–H and O–H groups in total. The summed E-state index contributed by atoms with van der Waals surface area (Å²) in [5.74, 6) is 4.87. The summed E-state index contributed by atoms with van der Waals surface area (Å²) < 4.78 is 32.8. The van der Waals surface area contributed by atoms with Gasteiger partial charge in [-0.3, -0.25) is 0 Å². The Balaban J connectivity index is 0.00000464. The van der Waals surface area contributed by atoms with Crippen LogP contribution in [0.15, 0.2) is 146 Å². The van der Waals surface area contributed by atoms with Crippen LogP contribution in [-0.4, -0.2) is 0 Å². The number of fused-ring (bicyclic) bond motifs is 1. The monoisotopic (exact) mass is 764 g/mol. The average molecular weight is 765 g/mol. The number of hydrogen-bond acceptors (Lipinski definition) is 5. The van der Waals surface area contributed by atoms with Crippen LogP contribution in [0.3, 0.4) is 0 Å². The predicted molar refractivity (Wildman–Crippen MR) is 201 cm³/mol. The van der Waals surface area contributed by atoms with E-state index in [0.29, 0.717) is 37.9 Å². The molecule has 0 saturated heterocycles. The van der Waals surface area contributed by atoms with Crippen LogP contribution in [0.1, 0.15) is 58.9 Å². The summed E-state index contributed by atoms with van der Waals surface area (Å²) in [6, 6.07) is 48.9. The number of rotatable bonds is 13. The van der Waals surface area contributed by atoms with Crippen LogP contribution in [0.2, 0.25) is 0 Å². The molecule has 0 amide bonds. The van der Waals surface area contributed by atoms with Crippen LogP contribution in [0.4, 0.5) is 0 Å². The van der Waals surface area contributed by atoms with Crippen molar-refractivity contribution < 1.29 is 56.4 Å². The van der Waals surface area contributed by atoms with Crippen molar-refractivity contribution in [2.45, 2.75) is 53.3 Å². The number of ether oxygens (including phenoxy) is 5. The Kier molecular flexibility index (Phi) is 12.6. The Labute approximate surface area is 332 Å². The van der Waals surface area contributed by atoms with Crippen LogP contribution < -0.4 is 23.7 Å². The molecule has 0 aromatic heterocycles. The molecule has 0 spiro atoms. The van der Waals surface area contributed by atoms with Crippen molar-refractivity contribution in [2.24, 2.45) is 5.92 Å². The molecule has 1 heterocycles. The molecule has 2 atom stereocenters. The molecule has 0 fully saturated rings. The zero-order valence-electron chi connectivity index (χ0n) is 30.0. The van der Waals surface area contributed by atoms with Crippen molar-refractivity contribution in [1.29, 1.82) is 0 Å². The number of hydrogen-bond donors (Lipinski definition) is 0. The first kappa shape index (κ1) is 37.1. The van der Waals surface area contributed by atoms with E-state index in [1.807, 2.05) is 84.9 Å². The Hall–Kier alpha value is -4.71. The molecule has 261 valence electrons. The van der Waals surface area contributed by atoms with Gasteiger partial charge < -0.3 is 23.7 Å². The minimum Gasteiger partial charge on any atom is -0.546 e.